The summed E-state index contributed by atoms with van der Waals surface area (Å²) < 4.78 is 25.7. The lowest BCUT2D eigenvalue weighted by Crippen LogP contribution is -2.21. The van der Waals surface area contributed by atoms with Crippen LogP contribution in [0.1, 0.15) is 16.2 Å². The molecule has 0 saturated carbocycles. The number of aryl methyl sites for hydroxylation is 1. The molecule has 1 aromatic heterocycles. The zero-order valence-electron chi connectivity index (χ0n) is 12.6. The summed E-state index contributed by atoms with van der Waals surface area (Å²) in [5.74, 6) is -2.69. The molecule has 2 N–H and O–H groups in total. The van der Waals surface area contributed by atoms with Crippen molar-refractivity contribution >= 4 is 27.4 Å². The second-order valence-corrected chi connectivity index (χ2v) is 7.63. The molecule has 2 aromatic rings. The van der Waals surface area contributed by atoms with E-state index >= 15 is 0 Å². The fourth-order valence-electron chi connectivity index (χ4n) is 2.22. The van der Waals surface area contributed by atoms with E-state index < -0.39 is 32.7 Å². The van der Waals surface area contributed by atoms with Gasteiger partial charge in [0, 0.05) is 30.3 Å². The summed E-state index contributed by atoms with van der Waals surface area (Å²) in [5, 5.41) is 19.0. The van der Waals surface area contributed by atoms with E-state index in [2.05, 4.69) is 0 Å². The number of halogens is 1. The highest BCUT2D eigenvalue weighted by molar-refractivity contribution is 7.91. The van der Waals surface area contributed by atoms with Crippen molar-refractivity contribution in [2.24, 2.45) is 7.05 Å². The van der Waals surface area contributed by atoms with Gasteiger partial charge in [0.2, 0.25) is 5.43 Å². The summed E-state index contributed by atoms with van der Waals surface area (Å²) in [7, 11) is -2.29. The maximum atomic E-state index is 12.3. The number of carboxylic acid groups (broad SMARTS) is 1. The number of hydrogen-bond donors (Lipinski definition) is 2. The summed E-state index contributed by atoms with van der Waals surface area (Å²) in [4.78, 5) is 22.9. The first-order valence-corrected chi connectivity index (χ1v) is 8.80. The number of sulfone groups is 1. The summed E-state index contributed by atoms with van der Waals surface area (Å²) in [5.41, 5.74) is -1.27. The number of carbonyl (C=O) groups is 1. The van der Waals surface area contributed by atoms with Crippen molar-refractivity contribution in [3.05, 3.63) is 57.0 Å². The number of aromatic carboxylic acids is 1. The predicted octanol–water partition coefficient (Wildman–Crippen LogP) is 1.46. The van der Waals surface area contributed by atoms with Gasteiger partial charge in [0.25, 0.3) is 0 Å². The van der Waals surface area contributed by atoms with Gasteiger partial charge in [0.15, 0.2) is 21.3 Å². The molecule has 0 atom stereocenters. The Morgan fingerprint density at radius 1 is 1.25 bits per heavy atom. The number of carboxylic acids is 1. The van der Waals surface area contributed by atoms with Gasteiger partial charge in [-0.25, -0.2) is 13.2 Å². The lowest BCUT2D eigenvalue weighted by atomic mass is 10.2. The fourth-order valence-corrected chi connectivity index (χ4v) is 3.61. The molecule has 0 aliphatic heterocycles. The highest BCUT2D eigenvalue weighted by Crippen LogP contribution is 2.18. The number of rotatable bonds is 5. The summed E-state index contributed by atoms with van der Waals surface area (Å²) in [6.45, 7) is 0. The van der Waals surface area contributed by atoms with Crippen molar-refractivity contribution in [1.29, 1.82) is 0 Å². The molecule has 0 aliphatic carbocycles. The Kier molecular flexibility index (Phi) is 5.00. The Hall–Kier alpha value is -2.32. The molecular formula is C15H14ClNO6S. The maximum absolute atomic E-state index is 12.3. The van der Waals surface area contributed by atoms with E-state index in [1.165, 1.54) is 31.3 Å². The first-order valence-electron chi connectivity index (χ1n) is 6.77. The van der Waals surface area contributed by atoms with Crippen LogP contribution in [-0.2, 0) is 23.3 Å². The molecule has 0 radical (unpaired) electrons. The first kappa shape index (κ1) is 18.0. The van der Waals surface area contributed by atoms with Crippen LogP contribution in [0.25, 0.3) is 0 Å². The number of aromatic nitrogens is 1. The fraction of sp³-hybridized carbons (Fsp3) is 0.200. The SMILES string of the molecule is Cn1c(CCS(=O)(=O)c2ccc(Cl)cc2)cc(=O)c(O)c1C(=O)O. The minimum absolute atomic E-state index is 0.0779. The van der Waals surface area contributed by atoms with Gasteiger partial charge in [-0.2, -0.15) is 0 Å². The topological polar surface area (TPSA) is 114 Å². The quantitative estimate of drug-likeness (QED) is 0.822. The number of benzene rings is 1. The van der Waals surface area contributed by atoms with Crippen LogP contribution >= 0.6 is 11.6 Å². The molecule has 7 nitrogen and oxygen atoms in total. The zero-order valence-corrected chi connectivity index (χ0v) is 14.1. The first-order chi connectivity index (χ1) is 11.1. The van der Waals surface area contributed by atoms with Crippen molar-refractivity contribution in [1.82, 2.24) is 4.57 Å². The van der Waals surface area contributed by atoms with Gasteiger partial charge in [-0.3, -0.25) is 4.79 Å². The number of pyridine rings is 1. The second kappa shape index (κ2) is 6.66. The number of nitrogens with zero attached hydrogens (tertiary/aromatic N) is 1. The predicted molar refractivity (Wildman–Crippen MR) is 87.5 cm³/mol. The van der Waals surface area contributed by atoms with Crippen molar-refractivity contribution in [3.8, 4) is 5.75 Å². The van der Waals surface area contributed by atoms with Crippen LogP contribution in [0.2, 0.25) is 5.02 Å². The van der Waals surface area contributed by atoms with Crippen molar-refractivity contribution in [2.75, 3.05) is 5.75 Å². The van der Waals surface area contributed by atoms with Gasteiger partial charge >= 0.3 is 5.97 Å². The third kappa shape index (κ3) is 3.60. The summed E-state index contributed by atoms with van der Waals surface area (Å²) >= 11 is 5.72. The summed E-state index contributed by atoms with van der Waals surface area (Å²) in [6, 6.07) is 6.67. The Labute approximate surface area is 142 Å². The molecule has 0 fully saturated rings. The average Bonchev–Trinajstić information content (AvgIpc) is 2.50. The van der Waals surface area contributed by atoms with Crippen molar-refractivity contribution < 1.29 is 23.4 Å². The molecule has 0 bridgehead atoms. The van der Waals surface area contributed by atoms with Crippen LogP contribution in [0, 0.1) is 0 Å². The molecule has 0 unspecified atom stereocenters. The Morgan fingerprint density at radius 2 is 1.83 bits per heavy atom. The van der Waals surface area contributed by atoms with Gasteiger partial charge in [-0.05, 0) is 24.3 Å². The molecule has 0 saturated heterocycles. The second-order valence-electron chi connectivity index (χ2n) is 5.08. The number of aromatic hydroxyl groups is 1. The largest absolute Gasteiger partial charge is 0.502 e. The van der Waals surface area contributed by atoms with Crippen molar-refractivity contribution in [2.45, 2.75) is 11.3 Å². The molecule has 0 aliphatic rings. The van der Waals surface area contributed by atoms with E-state index in [0.29, 0.717) is 5.02 Å². The third-order valence-corrected chi connectivity index (χ3v) is 5.51. The number of hydrogen-bond acceptors (Lipinski definition) is 5. The molecule has 1 heterocycles. The van der Waals surface area contributed by atoms with E-state index in [1.54, 1.807) is 0 Å². The molecule has 24 heavy (non-hydrogen) atoms. The molecule has 128 valence electrons. The van der Waals surface area contributed by atoms with Gasteiger partial charge in [-0.15, -0.1) is 0 Å². The summed E-state index contributed by atoms with van der Waals surface area (Å²) in [6.07, 6.45) is -0.0861. The zero-order chi connectivity index (χ0) is 18.1. The average molecular weight is 372 g/mol. The molecule has 0 amide bonds. The lowest BCUT2D eigenvalue weighted by Gasteiger charge is -2.13. The standard InChI is InChI=1S/C15H14ClNO6S/c1-17-10(8-12(18)14(19)13(17)15(20)21)6-7-24(22,23)11-4-2-9(16)3-5-11/h2-5,8,19H,6-7H2,1H3,(H,20,21). The lowest BCUT2D eigenvalue weighted by molar-refractivity contribution is 0.0681. The van der Waals surface area contributed by atoms with Gasteiger partial charge < -0.3 is 14.8 Å². The van der Waals surface area contributed by atoms with E-state index in [1.807, 2.05) is 0 Å². The van der Waals surface area contributed by atoms with E-state index in [4.69, 9.17) is 16.7 Å². The minimum Gasteiger partial charge on any atom is -0.502 e. The van der Waals surface area contributed by atoms with E-state index in [-0.39, 0.29) is 22.8 Å². The molecule has 9 heteroatoms. The van der Waals surface area contributed by atoms with Crippen LogP contribution in [0.3, 0.4) is 0 Å². The van der Waals surface area contributed by atoms with Crippen LogP contribution < -0.4 is 5.43 Å². The van der Waals surface area contributed by atoms with Crippen LogP contribution in [-0.4, -0.2) is 34.9 Å². The molecular weight excluding hydrogens is 358 g/mol. The Morgan fingerprint density at radius 3 is 2.38 bits per heavy atom. The van der Waals surface area contributed by atoms with Crippen LogP contribution in [0.5, 0.6) is 5.75 Å². The van der Waals surface area contributed by atoms with Crippen molar-refractivity contribution in [3.63, 3.8) is 0 Å². The van der Waals surface area contributed by atoms with Gasteiger partial charge in [0.05, 0.1) is 10.6 Å². The monoisotopic (exact) mass is 371 g/mol. The van der Waals surface area contributed by atoms with Gasteiger partial charge in [0.1, 0.15) is 0 Å². The minimum atomic E-state index is -3.63. The van der Waals surface area contributed by atoms with Gasteiger partial charge in [-0.1, -0.05) is 11.6 Å². The normalized spacial score (nSPS) is 11.4. The maximum Gasteiger partial charge on any atom is 0.356 e. The molecule has 0 spiro atoms. The third-order valence-electron chi connectivity index (χ3n) is 3.52. The van der Waals surface area contributed by atoms with Crippen LogP contribution in [0.15, 0.2) is 40.0 Å². The Balaban J connectivity index is 2.34. The highest BCUT2D eigenvalue weighted by Gasteiger charge is 2.20. The van der Waals surface area contributed by atoms with Crippen LogP contribution in [0.4, 0.5) is 0 Å². The van der Waals surface area contributed by atoms with E-state index in [0.717, 1.165) is 10.6 Å². The van der Waals surface area contributed by atoms with E-state index in [9.17, 15) is 23.1 Å². The molecule has 2 rings (SSSR count). The molecule has 1 aromatic carbocycles. The highest BCUT2D eigenvalue weighted by atomic mass is 35.5. The smallest absolute Gasteiger partial charge is 0.356 e. The Bertz CT molecular complexity index is 947.